The van der Waals surface area contributed by atoms with Gasteiger partial charge in [-0.3, -0.25) is 0 Å². The van der Waals surface area contributed by atoms with Crippen molar-refractivity contribution in [1.82, 2.24) is 0 Å². The van der Waals surface area contributed by atoms with Crippen molar-refractivity contribution in [3.63, 3.8) is 0 Å². The van der Waals surface area contributed by atoms with Crippen molar-refractivity contribution in [2.45, 2.75) is 51.5 Å². The van der Waals surface area contributed by atoms with Crippen molar-refractivity contribution in [3.05, 3.63) is 29.3 Å². The Hall–Kier alpha value is -2.02. The number of aliphatic imine (C=N–C) groups is 2. The highest BCUT2D eigenvalue weighted by atomic mass is 16.1. The van der Waals surface area contributed by atoms with E-state index in [1.165, 1.54) is 5.56 Å². The van der Waals surface area contributed by atoms with Crippen molar-refractivity contribution in [1.29, 1.82) is 0 Å². The molecule has 1 aliphatic carbocycles. The average molecular weight is 284 g/mol. The van der Waals surface area contributed by atoms with E-state index in [-0.39, 0.29) is 6.04 Å². The number of benzene rings is 1. The highest BCUT2D eigenvalue weighted by Gasteiger charge is 2.21. The lowest BCUT2D eigenvalue weighted by atomic mass is 9.82. The third kappa shape index (κ3) is 4.22. The first-order chi connectivity index (χ1) is 10.3. The van der Waals surface area contributed by atoms with Crippen LogP contribution in [0.25, 0.3) is 0 Å². The van der Waals surface area contributed by atoms with E-state index in [1.807, 2.05) is 19.1 Å². The molecule has 110 valence electrons. The largest absolute Gasteiger partial charge is 0.240 e. The van der Waals surface area contributed by atoms with Gasteiger partial charge in [-0.05, 0) is 61.6 Å². The number of carbonyl (C=O) groups excluding carboxylic acids is 2. The Bertz CT molecular complexity index is 576. The molecule has 0 aliphatic heterocycles. The molecule has 0 spiro atoms. The Morgan fingerprint density at radius 1 is 1.14 bits per heavy atom. The number of nitrogens with zero attached hydrogens (tertiary/aromatic N) is 2. The summed E-state index contributed by atoms with van der Waals surface area (Å²) in [5.41, 5.74) is 3.03. The minimum Gasteiger partial charge on any atom is -0.211 e. The number of isocyanates is 2. The second-order valence-corrected chi connectivity index (χ2v) is 5.62. The van der Waals surface area contributed by atoms with E-state index in [9.17, 15) is 9.59 Å². The molecule has 0 amide bonds. The quantitative estimate of drug-likeness (QED) is 0.612. The Kier molecular flexibility index (Phi) is 5.62. The van der Waals surface area contributed by atoms with Crippen molar-refractivity contribution < 1.29 is 9.59 Å². The summed E-state index contributed by atoms with van der Waals surface area (Å²) in [6.45, 7) is 2.05. The van der Waals surface area contributed by atoms with Crippen LogP contribution in [0.5, 0.6) is 0 Å². The van der Waals surface area contributed by atoms with Gasteiger partial charge in [0.15, 0.2) is 0 Å². The average Bonchev–Trinajstić information content (AvgIpc) is 2.50. The van der Waals surface area contributed by atoms with Gasteiger partial charge < -0.3 is 0 Å². The Morgan fingerprint density at radius 3 is 2.52 bits per heavy atom. The Labute approximate surface area is 125 Å². The predicted molar refractivity (Wildman–Crippen MR) is 81.2 cm³/mol. The molecule has 1 aromatic rings. The zero-order valence-corrected chi connectivity index (χ0v) is 12.3. The van der Waals surface area contributed by atoms with Gasteiger partial charge >= 0.3 is 0 Å². The molecule has 1 aromatic carbocycles. The topological polar surface area (TPSA) is 58.9 Å². The summed E-state index contributed by atoms with van der Waals surface area (Å²) in [6, 6.07) is 6.34. The zero-order chi connectivity index (χ0) is 15.1. The van der Waals surface area contributed by atoms with Crippen LogP contribution >= 0.6 is 0 Å². The Balaban J connectivity index is 2.02. The molecule has 2 rings (SSSR count). The number of hydrogen-bond donors (Lipinski definition) is 0. The fourth-order valence-corrected chi connectivity index (χ4v) is 3.07. The van der Waals surface area contributed by atoms with Gasteiger partial charge in [0.05, 0.1) is 11.7 Å². The molecule has 0 aromatic heterocycles. The number of hydrogen-bond acceptors (Lipinski definition) is 4. The smallest absolute Gasteiger partial charge is 0.211 e. The molecular weight excluding hydrogens is 264 g/mol. The SMILES string of the molecule is CCc1ccc(CC2CCC(N=C=O)CC2)cc1N=C=O. The van der Waals surface area contributed by atoms with Gasteiger partial charge in [-0.1, -0.05) is 19.1 Å². The van der Waals surface area contributed by atoms with Crippen LogP contribution in [0.4, 0.5) is 5.69 Å². The molecule has 0 atom stereocenters. The fraction of sp³-hybridized carbons (Fsp3) is 0.529. The summed E-state index contributed by atoms with van der Waals surface area (Å²) in [7, 11) is 0. The van der Waals surface area contributed by atoms with E-state index in [2.05, 4.69) is 16.1 Å². The maximum atomic E-state index is 10.5. The lowest BCUT2D eigenvalue weighted by Gasteiger charge is -2.25. The van der Waals surface area contributed by atoms with E-state index >= 15 is 0 Å². The van der Waals surface area contributed by atoms with Gasteiger partial charge in [-0.15, -0.1) is 0 Å². The van der Waals surface area contributed by atoms with Crippen LogP contribution in [0.3, 0.4) is 0 Å². The first-order valence-electron chi connectivity index (χ1n) is 7.53. The zero-order valence-electron chi connectivity index (χ0n) is 12.3. The van der Waals surface area contributed by atoms with Gasteiger partial charge in [-0.25, -0.2) is 14.6 Å². The lowest BCUT2D eigenvalue weighted by Crippen LogP contribution is -2.18. The molecule has 1 saturated carbocycles. The van der Waals surface area contributed by atoms with Crippen LogP contribution in [-0.4, -0.2) is 18.2 Å². The van der Waals surface area contributed by atoms with E-state index in [0.717, 1.165) is 49.8 Å². The van der Waals surface area contributed by atoms with Crippen molar-refractivity contribution in [2.24, 2.45) is 15.9 Å². The lowest BCUT2D eigenvalue weighted by molar-refractivity contribution is 0.325. The minimum absolute atomic E-state index is 0.163. The molecule has 4 heteroatoms. The Morgan fingerprint density at radius 2 is 1.90 bits per heavy atom. The molecular formula is C17H20N2O2. The van der Waals surface area contributed by atoms with E-state index in [4.69, 9.17) is 0 Å². The van der Waals surface area contributed by atoms with Crippen LogP contribution in [0.1, 0.15) is 43.7 Å². The van der Waals surface area contributed by atoms with Crippen LogP contribution in [0, 0.1) is 5.92 Å². The molecule has 0 bridgehead atoms. The van der Waals surface area contributed by atoms with Crippen LogP contribution in [0.2, 0.25) is 0 Å². The van der Waals surface area contributed by atoms with E-state index in [1.54, 1.807) is 12.2 Å². The molecule has 0 heterocycles. The number of rotatable bonds is 5. The van der Waals surface area contributed by atoms with Gasteiger partial charge in [0.25, 0.3) is 0 Å². The molecule has 0 saturated heterocycles. The van der Waals surface area contributed by atoms with E-state index < -0.39 is 0 Å². The summed E-state index contributed by atoms with van der Waals surface area (Å²) >= 11 is 0. The molecule has 21 heavy (non-hydrogen) atoms. The normalized spacial score (nSPS) is 21.2. The van der Waals surface area contributed by atoms with Crippen molar-refractivity contribution in [2.75, 3.05) is 0 Å². The summed E-state index contributed by atoms with van der Waals surface area (Å²) in [5.74, 6) is 0.614. The highest BCUT2D eigenvalue weighted by molar-refractivity contribution is 5.55. The molecule has 0 unspecified atom stereocenters. The van der Waals surface area contributed by atoms with Crippen molar-refractivity contribution >= 4 is 17.8 Å². The first kappa shape index (κ1) is 15.4. The number of aryl methyl sites for hydroxylation is 1. The van der Waals surface area contributed by atoms with Gasteiger partial charge in [0.2, 0.25) is 12.2 Å². The first-order valence-corrected chi connectivity index (χ1v) is 7.53. The summed E-state index contributed by atoms with van der Waals surface area (Å²) in [5, 5.41) is 0. The predicted octanol–water partition coefficient (Wildman–Crippen LogP) is 3.65. The van der Waals surface area contributed by atoms with Crippen LogP contribution in [-0.2, 0) is 22.4 Å². The standard InChI is InChI=1S/C17H20N2O2/c1-2-15-6-3-14(10-17(15)19-12-21)9-13-4-7-16(8-5-13)18-11-20/h3,6,10,13,16H,2,4-5,7-9H2,1H3. The second kappa shape index (κ2) is 7.68. The third-order valence-corrected chi connectivity index (χ3v) is 4.27. The maximum absolute atomic E-state index is 10.5. The molecule has 1 fully saturated rings. The third-order valence-electron chi connectivity index (χ3n) is 4.27. The molecule has 1 aliphatic rings. The van der Waals surface area contributed by atoms with Crippen LogP contribution in [0.15, 0.2) is 28.2 Å². The highest BCUT2D eigenvalue weighted by Crippen LogP contribution is 2.30. The minimum atomic E-state index is 0.163. The maximum Gasteiger partial charge on any atom is 0.240 e. The summed E-state index contributed by atoms with van der Waals surface area (Å²) < 4.78 is 0. The fourth-order valence-electron chi connectivity index (χ4n) is 3.07. The van der Waals surface area contributed by atoms with Crippen LogP contribution < -0.4 is 0 Å². The van der Waals surface area contributed by atoms with E-state index in [0.29, 0.717) is 5.92 Å². The van der Waals surface area contributed by atoms with Gasteiger partial charge in [0.1, 0.15) is 0 Å². The van der Waals surface area contributed by atoms with Gasteiger partial charge in [-0.2, -0.15) is 4.99 Å². The van der Waals surface area contributed by atoms with Gasteiger partial charge in [0, 0.05) is 0 Å². The monoisotopic (exact) mass is 284 g/mol. The second-order valence-electron chi connectivity index (χ2n) is 5.62. The summed E-state index contributed by atoms with van der Waals surface area (Å²) in [6.07, 6.45) is 9.23. The molecule has 4 nitrogen and oxygen atoms in total. The molecule has 0 N–H and O–H groups in total. The summed E-state index contributed by atoms with van der Waals surface area (Å²) in [4.78, 5) is 28.4. The molecule has 0 radical (unpaired) electrons. The van der Waals surface area contributed by atoms with Crippen molar-refractivity contribution in [3.8, 4) is 0 Å².